The molecule has 4 amide bonds. The minimum absolute atomic E-state index is 0.0736. The maximum Gasteiger partial charge on any atom is 0.519 e. The minimum atomic E-state index is -5.19. The summed E-state index contributed by atoms with van der Waals surface area (Å²) in [6.07, 6.45) is -6.95. The number of rotatable bonds is 46. The van der Waals surface area contributed by atoms with Gasteiger partial charge < -0.3 is 112 Å². The zero-order valence-electron chi connectivity index (χ0n) is 74.2. The van der Waals surface area contributed by atoms with Crippen molar-refractivity contribution in [3.63, 3.8) is 0 Å². The minimum Gasteiger partial charge on any atom is -0.542 e. The summed E-state index contributed by atoms with van der Waals surface area (Å²) in [5, 5.41) is 71.6. The fraction of sp³-hybridized carbons (Fsp3) is 0.891. The van der Waals surface area contributed by atoms with E-state index in [-0.39, 0.29) is 58.4 Å². The van der Waals surface area contributed by atoms with E-state index >= 15 is 0 Å². The van der Waals surface area contributed by atoms with E-state index in [0.717, 1.165) is 88.5 Å². The summed E-state index contributed by atoms with van der Waals surface area (Å²) >= 11 is 7.15. The first kappa shape index (κ1) is 147. The first-order chi connectivity index (χ1) is 57.3. The summed E-state index contributed by atoms with van der Waals surface area (Å²) in [6, 6.07) is 0. The molecule has 754 valence electrons. The summed E-state index contributed by atoms with van der Waals surface area (Å²) in [6.45, 7) is 37.7. The summed E-state index contributed by atoms with van der Waals surface area (Å²) < 4.78 is 110. The number of nitrogens with one attached hydrogen (secondary N) is 4. The molecule has 0 saturated heterocycles. The quantitative estimate of drug-likeness (QED) is 0.00230. The number of hydrogen-bond donors (Lipinski definition) is 12. The predicted octanol–water partition coefficient (Wildman–Crippen LogP) is 11.9. The number of hydrogen-bond acceptors (Lipinski definition) is 47. The molecule has 0 heterocycles. The molecule has 0 rings (SSSR count). The van der Waals surface area contributed by atoms with E-state index in [2.05, 4.69) is 84.8 Å². The molecular formula is C64H136BrClF3N9O30S17. The molecule has 0 bridgehead atoms. The van der Waals surface area contributed by atoms with Crippen LogP contribution < -0.4 is 43.6 Å². The van der Waals surface area contributed by atoms with E-state index in [1.54, 1.807) is 191 Å². The molecule has 0 aliphatic heterocycles. The molecule has 0 radical (unpaired) electrons. The van der Waals surface area contributed by atoms with Gasteiger partial charge in [-0.25, -0.2) is 37.2 Å². The average Bonchev–Trinajstić information content (AvgIpc) is 0.896. The second-order valence-corrected chi connectivity index (χ2v) is 51.9. The Labute approximate surface area is 810 Å². The number of nitrogens with zero attached hydrogens (tertiary/aromatic N) is 2. The van der Waals surface area contributed by atoms with Crippen molar-refractivity contribution in [3.8, 4) is 0 Å². The fourth-order valence-corrected chi connectivity index (χ4v) is 17.6. The Kier molecular flexibility index (Phi) is 113. The lowest BCUT2D eigenvalue weighted by Crippen LogP contribution is -2.51. The normalized spacial score (nSPS) is 11.0. The Bertz CT molecular complexity index is 2750. The summed E-state index contributed by atoms with van der Waals surface area (Å²) in [4.78, 5) is 103. The molecule has 0 atom stereocenters. The van der Waals surface area contributed by atoms with Crippen LogP contribution in [-0.2, 0) is 71.0 Å². The molecule has 0 aromatic heterocycles. The third-order valence-electron chi connectivity index (χ3n) is 7.78. The third-order valence-corrected chi connectivity index (χ3v) is 26.3. The molecule has 61 heteroatoms. The molecule has 0 unspecified atom stereocenters. The van der Waals surface area contributed by atoms with Gasteiger partial charge in [0.25, 0.3) is 20.3 Å². The number of carbonyl (C=O) groups excluding carboxylic acids is 7. The first-order valence-electron chi connectivity index (χ1n) is 36.4. The Morgan fingerprint density at radius 3 is 0.840 bits per heavy atom. The first-order valence-corrected chi connectivity index (χ1v) is 60.1. The average molecular weight is 2230 g/mol. The van der Waals surface area contributed by atoms with Crippen LogP contribution in [0.4, 0.5) is 41.9 Å². The molecule has 0 fully saturated rings. The van der Waals surface area contributed by atoms with Gasteiger partial charge in [0.1, 0.15) is 52.8 Å². The van der Waals surface area contributed by atoms with Gasteiger partial charge in [0.05, 0.1) is 57.8 Å². The second kappa shape index (κ2) is 96.2. The zero-order chi connectivity index (χ0) is 99.7. The van der Waals surface area contributed by atoms with Crippen LogP contribution in [0.2, 0.25) is 0 Å². The number of carboxylic acids is 1. The van der Waals surface area contributed by atoms with Gasteiger partial charge in [0.2, 0.25) is 9.05 Å². The van der Waals surface area contributed by atoms with Crippen LogP contribution in [0.15, 0.2) is 0 Å². The molecule has 0 aromatic carbocycles. The molecular weight excluding hydrogens is 2090 g/mol. The number of aliphatic carboxylic acids is 1. The molecule has 0 spiro atoms. The molecule has 0 aliphatic carbocycles. The molecule has 0 aromatic rings. The number of carbonyl (C=O) groups is 7. The predicted molar refractivity (Wildman–Crippen MR) is 525 cm³/mol. The standard InChI is InChI=1S/C10H21NO5S3.C10H18O5.C9H18BrNO2S2.C9H18N2O5S2.C9H19NO3S2.C4H10N2O3S2.C4H11NOS2.C4H10O2S2.C2HF3O2.C2H7NS.CH3ClO2S/c1-10(2,3)16-9(12)11-5-7-17-18-8-6-15-19(4,13)14;1-9(2,3)14-7(11)13-8(12)15-10(4,5)6;1-9(2,3)13-8(12)11-5-7-15-14-6-4-10;1-9(2,3)16-8(12)10-4-6-17-18-7-5-15-11(13)14;1-9(2,3)13-8(12)10-4-6-14-15-7-5-11;5-1-3-10-11-4-2-9-6(7)8;2*5-1-3-7-8-4-2-6;3-2(4,5)1(6)7;3-1-2-4;1-5(2,3)4/h5-8H2,1-4H3,(H,11,12);1-6H3;4-7H2,1-3H3,(H,11,12);4-7H2,1-3H3,(H,10,12);11H,4-7H2,1-3H3,(H,10,12);1-5H2;6H,1-5H2;5-6H,1-4H2;(H,6,7);4H,1-3H2;1H3. The van der Waals surface area contributed by atoms with Crippen molar-refractivity contribution >= 4 is 252 Å². The number of thiol groups is 1. The van der Waals surface area contributed by atoms with Gasteiger partial charge >= 0.3 is 42.9 Å². The smallest absolute Gasteiger partial charge is 0.519 e. The summed E-state index contributed by atoms with van der Waals surface area (Å²) in [5.41, 5.74) is 10.6. The van der Waals surface area contributed by atoms with Crippen molar-refractivity contribution in [1.82, 2.24) is 21.3 Å². The van der Waals surface area contributed by atoms with E-state index in [9.17, 15) is 79.0 Å². The number of quaternary nitrogens is 1. The largest absolute Gasteiger partial charge is 0.542 e. The van der Waals surface area contributed by atoms with Gasteiger partial charge in [-0.2, -0.15) is 34.2 Å². The zero-order valence-corrected chi connectivity index (χ0v) is 90.5. The SMILES string of the molecule is CC(C)(C)OC(=O)NCCSSCCBr.CC(C)(C)OC(=O)NCCSSCCO.CC(C)(C)OC(=O)NCCSSCCOS(C)(=O)=O.CC(C)(C)OC(=O)NCCSSCCO[N+](=O)[O-].CC(C)(C)OC(=O)OC(=O)OC(C)(C)C.CS(=O)(=O)Cl.NCCS.NCCSSCCO.O=C([O-])C(F)(F)F.OCCSSCCO.[NH3+]CCSSCCO[N+](=O)[O-]. The van der Waals surface area contributed by atoms with E-state index in [4.69, 9.17) is 70.2 Å². The van der Waals surface area contributed by atoms with Crippen LogP contribution in [0.1, 0.15) is 125 Å². The van der Waals surface area contributed by atoms with Crippen molar-refractivity contribution in [2.45, 2.75) is 164 Å². The highest BCUT2D eigenvalue weighted by Gasteiger charge is 2.29. The maximum absolute atomic E-state index is 11.3. The van der Waals surface area contributed by atoms with Gasteiger partial charge in [-0.1, -0.05) is 167 Å². The van der Waals surface area contributed by atoms with Gasteiger partial charge in [-0.15, -0.1) is 20.2 Å². The molecule has 39 nitrogen and oxygen atoms in total. The van der Waals surface area contributed by atoms with E-state index in [0.29, 0.717) is 61.5 Å². The number of halogens is 5. The van der Waals surface area contributed by atoms with Gasteiger partial charge in [-0.05, 0) is 125 Å². The van der Waals surface area contributed by atoms with Crippen LogP contribution >= 0.6 is 190 Å². The topological polar surface area (TPSA) is 598 Å². The van der Waals surface area contributed by atoms with Gasteiger partial charge in [0.15, 0.2) is 0 Å². The van der Waals surface area contributed by atoms with Crippen LogP contribution in [0, 0.1) is 20.2 Å². The monoisotopic (exact) mass is 2230 g/mol. The van der Waals surface area contributed by atoms with Crippen molar-refractivity contribution < 1.29 is 152 Å². The number of amides is 4. The molecule has 15 N–H and O–H groups in total. The van der Waals surface area contributed by atoms with E-state index < -0.39 is 99.6 Å². The highest BCUT2D eigenvalue weighted by molar-refractivity contribution is 9.09. The Balaban J connectivity index is -0.000000130. The van der Waals surface area contributed by atoms with Gasteiger partial charge in [0, 0.05) is 136 Å². The highest BCUT2D eigenvalue weighted by atomic mass is 79.9. The molecule has 0 aliphatic rings. The van der Waals surface area contributed by atoms with E-state index in [1.807, 2.05) is 41.5 Å². The number of ether oxygens (including phenoxy) is 7. The fourth-order valence-electron chi connectivity index (χ4n) is 4.27. The van der Waals surface area contributed by atoms with Crippen molar-refractivity contribution in [2.75, 3.05) is 196 Å². The van der Waals surface area contributed by atoms with Crippen molar-refractivity contribution in [3.05, 3.63) is 20.2 Å². The summed E-state index contributed by atoms with van der Waals surface area (Å²) in [7, 11) is 20.5. The summed E-state index contributed by atoms with van der Waals surface area (Å²) in [5.74, 6) is 8.72. The Morgan fingerprint density at radius 2 is 0.648 bits per heavy atom. The lowest BCUT2D eigenvalue weighted by molar-refractivity contribution is -0.756. The molecule has 125 heavy (non-hydrogen) atoms. The number of nitrogens with two attached hydrogens (primary N) is 2. The van der Waals surface area contributed by atoms with E-state index in [1.165, 1.54) is 43.2 Å². The van der Waals surface area contributed by atoms with Crippen LogP contribution in [0.5, 0.6) is 0 Å². The lowest BCUT2D eigenvalue weighted by atomic mass is 10.2. The van der Waals surface area contributed by atoms with Gasteiger partial charge in [-0.3, -0.25) is 4.18 Å². The Morgan fingerprint density at radius 1 is 0.432 bits per heavy atom. The van der Waals surface area contributed by atoms with Crippen LogP contribution in [0.3, 0.4) is 0 Å². The third kappa shape index (κ3) is 191. The van der Waals surface area contributed by atoms with Crippen molar-refractivity contribution in [2.24, 2.45) is 11.5 Å². The van der Waals surface area contributed by atoms with Crippen LogP contribution in [0.25, 0.3) is 0 Å². The number of alkyl carbamates (subject to hydrolysis) is 4. The number of carboxylic acid groups (broad SMARTS) is 1. The molecule has 0 saturated carbocycles. The number of aliphatic hydroxyl groups excluding tert-OH is 4. The maximum atomic E-state index is 11.3. The second-order valence-electron chi connectivity index (χ2n) is 27.1. The van der Waals surface area contributed by atoms with Crippen molar-refractivity contribution in [1.29, 1.82) is 0 Å². The van der Waals surface area contributed by atoms with Crippen LogP contribution in [-0.4, -0.2) is 326 Å². The highest BCUT2D eigenvalue weighted by Crippen LogP contribution is 2.25. The number of aliphatic hydroxyl groups is 4. The lowest BCUT2D eigenvalue weighted by Gasteiger charge is -2.20. The Hall–Kier alpha value is -0.920. The number of alkyl halides is 4.